The van der Waals surface area contributed by atoms with Crippen molar-refractivity contribution < 1.29 is 18.1 Å². The smallest absolute Gasteiger partial charge is 0.268 e. The second-order valence-electron chi connectivity index (χ2n) is 6.55. The highest BCUT2D eigenvalue weighted by Gasteiger charge is 2.31. The minimum atomic E-state index is -3.89. The minimum absolute atomic E-state index is 0.121. The maximum Gasteiger partial charge on any atom is 0.268 e. The SMILES string of the molecule is CC[C@H](C=O)[C@@H](C[N+](=O)[O-])c1cn(S(=O)(=O)c2ccccc2)c2ccccc12. The quantitative estimate of drug-likeness (QED) is 0.327. The Morgan fingerprint density at radius 2 is 1.75 bits per heavy atom. The van der Waals surface area contributed by atoms with E-state index in [0.29, 0.717) is 29.2 Å². The predicted octanol–water partition coefficient (Wildman–Crippen LogP) is 3.46. The van der Waals surface area contributed by atoms with Crippen molar-refractivity contribution in [1.82, 2.24) is 3.97 Å². The van der Waals surface area contributed by atoms with Crippen LogP contribution in [0.25, 0.3) is 10.9 Å². The third-order valence-electron chi connectivity index (χ3n) is 4.92. The van der Waals surface area contributed by atoms with Crippen LogP contribution in [0.15, 0.2) is 65.7 Å². The number of nitrogens with zero attached hydrogens (tertiary/aromatic N) is 2. The van der Waals surface area contributed by atoms with E-state index in [0.717, 1.165) is 3.97 Å². The van der Waals surface area contributed by atoms with Crippen LogP contribution in [0.1, 0.15) is 24.8 Å². The molecule has 0 saturated heterocycles. The van der Waals surface area contributed by atoms with Gasteiger partial charge in [-0.2, -0.15) is 0 Å². The molecular formula is C20H20N2O5S. The number of aldehydes is 1. The summed E-state index contributed by atoms with van der Waals surface area (Å²) in [6, 6.07) is 14.8. The molecule has 0 aliphatic rings. The van der Waals surface area contributed by atoms with E-state index in [9.17, 15) is 23.3 Å². The molecule has 146 valence electrons. The monoisotopic (exact) mass is 400 g/mol. The number of fused-ring (bicyclic) bond motifs is 1. The number of hydrogen-bond acceptors (Lipinski definition) is 5. The van der Waals surface area contributed by atoms with E-state index < -0.39 is 33.3 Å². The lowest BCUT2D eigenvalue weighted by Gasteiger charge is -2.17. The highest BCUT2D eigenvalue weighted by atomic mass is 32.2. The summed E-state index contributed by atoms with van der Waals surface area (Å²) in [6.07, 6.45) is 2.56. The first kappa shape index (κ1) is 19.8. The highest BCUT2D eigenvalue weighted by Crippen LogP contribution is 2.35. The van der Waals surface area contributed by atoms with Gasteiger partial charge in [0.2, 0.25) is 6.54 Å². The number of hydrogen-bond donors (Lipinski definition) is 0. The predicted molar refractivity (Wildman–Crippen MR) is 105 cm³/mol. The first-order valence-electron chi connectivity index (χ1n) is 8.87. The molecule has 0 spiro atoms. The summed E-state index contributed by atoms with van der Waals surface area (Å²) in [4.78, 5) is 22.4. The summed E-state index contributed by atoms with van der Waals surface area (Å²) in [5, 5.41) is 11.8. The lowest BCUT2D eigenvalue weighted by atomic mass is 9.85. The van der Waals surface area contributed by atoms with Crippen molar-refractivity contribution in [3.8, 4) is 0 Å². The van der Waals surface area contributed by atoms with Gasteiger partial charge >= 0.3 is 0 Å². The van der Waals surface area contributed by atoms with Gasteiger partial charge in [0.1, 0.15) is 6.29 Å². The molecule has 0 N–H and O–H groups in total. The maximum absolute atomic E-state index is 13.2. The van der Waals surface area contributed by atoms with Crippen LogP contribution in [0.4, 0.5) is 0 Å². The molecule has 0 unspecified atom stereocenters. The Balaban J connectivity index is 2.26. The van der Waals surface area contributed by atoms with Crippen LogP contribution in [-0.4, -0.2) is 30.1 Å². The fraction of sp³-hybridized carbons (Fsp3) is 0.250. The molecule has 0 fully saturated rings. The van der Waals surface area contributed by atoms with Gasteiger partial charge < -0.3 is 4.79 Å². The molecule has 0 radical (unpaired) electrons. The molecule has 0 bridgehead atoms. The van der Waals surface area contributed by atoms with Crippen LogP contribution in [0.5, 0.6) is 0 Å². The summed E-state index contributed by atoms with van der Waals surface area (Å²) in [6.45, 7) is 1.34. The topological polar surface area (TPSA) is 99.3 Å². The zero-order chi connectivity index (χ0) is 20.3. The number of nitro groups is 1. The van der Waals surface area contributed by atoms with Gasteiger partial charge in [-0.3, -0.25) is 10.1 Å². The first-order chi connectivity index (χ1) is 13.4. The molecule has 1 aromatic heterocycles. The molecule has 7 nitrogen and oxygen atoms in total. The fourth-order valence-corrected chi connectivity index (χ4v) is 4.87. The average Bonchev–Trinajstić information content (AvgIpc) is 3.09. The van der Waals surface area contributed by atoms with Crippen molar-refractivity contribution in [2.45, 2.75) is 24.2 Å². The molecule has 2 aromatic carbocycles. The summed E-state index contributed by atoms with van der Waals surface area (Å²) >= 11 is 0. The third-order valence-corrected chi connectivity index (χ3v) is 6.60. The Hall–Kier alpha value is -3.00. The van der Waals surface area contributed by atoms with Crippen LogP contribution in [0, 0.1) is 16.0 Å². The van der Waals surface area contributed by atoms with Gasteiger partial charge in [-0.05, 0) is 30.2 Å². The minimum Gasteiger partial charge on any atom is -0.303 e. The van der Waals surface area contributed by atoms with Crippen molar-refractivity contribution in [1.29, 1.82) is 0 Å². The summed E-state index contributed by atoms with van der Waals surface area (Å²) < 4.78 is 27.5. The normalized spacial score (nSPS) is 13.9. The van der Waals surface area contributed by atoms with Crippen LogP contribution in [0.3, 0.4) is 0 Å². The van der Waals surface area contributed by atoms with Crippen molar-refractivity contribution in [3.05, 3.63) is 76.5 Å². The van der Waals surface area contributed by atoms with E-state index in [1.807, 2.05) is 0 Å². The zero-order valence-electron chi connectivity index (χ0n) is 15.3. The Morgan fingerprint density at radius 3 is 2.36 bits per heavy atom. The summed E-state index contributed by atoms with van der Waals surface area (Å²) in [5.74, 6) is -1.29. The van der Waals surface area contributed by atoms with Crippen molar-refractivity contribution >= 4 is 27.2 Å². The largest absolute Gasteiger partial charge is 0.303 e. The first-order valence-corrected chi connectivity index (χ1v) is 10.3. The van der Waals surface area contributed by atoms with Gasteiger partial charge in [0.25, 0.3) is 10.0 Å². The Labute approximate surface area is 162 Å². The van der Waals surface area contributed by atoms with Gasteiger partial charge in [0.15, 0.2) is 0 Å². The standard InChI is InChI=1S/C20H20N2O5S/c1-2-15(14-23)18(13-22(24)25)19-12-21(20-11-7-6-10-17(19)20)28(26,27)16-8-4-3-5-9-16/h3-12,14-15,18H,2,13H2,1H3/t15-,18-/m1/s1. The molecule has 3 aromatic rings. The number of carbonyl (C=O) groups is 1. The van der Waals surface area contributed by atoms with Gasteiger partial charge in [0, 0.05) is 22.4 Å². The highest BCUT2D eigenvalue weighted by molar-refractivity contribution is 7.90. The lowest BCUT2D eigenvalue weighted by Crippen LogP contribution is -2.22. The Bertz CT molecular complexity index is 1110. The molecule has 0 saturated carbocycles. The summed E-state index contributed by atoms with van der Waals surface area (Å²) in [5.41, 5.74) is 0.918. The van der Waals surface area contributed by atoms with Gasteiger partial charge in [0.05, 0.1) is 16.3 Å². The molecule has 8 heteroatoms. The second-order valence-corrected chi connectivity index (χ2v) is 8.36. The number of rotatable bonds is 8. The van der Waals surface area contributed by atoms with E-state index in [4.69, 9.17) is 0 Å². The van der Waals surface area contributed by atoms with Gasteiger partial charge in [-0.25, -0.2) is 12.4 Å². The fourth-order valence-electron chi connectivity index (χ4n) is 3.48. The number of benzene rings is 2. The molecule has 0 amide bonds. The van der Waals surface area contributed by atoms with Crippen LogP contribution in [-0.2, 0) is 14.8 Å². The molecule has 0 aliphatic heterocycles. The van der Waals surface area contributed by atoms with Gasteiger partial charge in [-0.15, -0.1) is 0 Å². The molecule has 28 heavy (non-hydrogen) atoms. The van der Waals surface area contributed by atoms with Crippen LogP contribution in [0.2, 0.25) is 0 Å². The molecule has 0 aliphatic carbocycles. The molecular weight excluding hydrogens is 380 g/mol. The van der Waals surface area contributed by atoms with Gasteiger partial charge in [-0.1, -0.05) is 43.3 Å². The van der Waals surface area contributed by atoms with Crippen molar-refractivity contribution in [3.63, 3.8) is 0 Å². The van der Waals surface area contributed by atoms with Crippen LogP contribution < -0.4 is 0 Å². The number of para-hydroxylation sites is 1. The van der Waals surface area contributed by atoms with Crippen LogP contribution >= 0.6 is 0 Å². The zero-order valence-corrected chi connectivity index (χ0v) is 16.1. The Kier molecular flexibility index (Phi) is 5.60. The van der Waals surface area contributed by atoms with E-state index in [-0.39, 0.29) is 4.90 Å². The summed E-state index contributed by atoms with van der Waals surface area (Å²) in [7, 11) is -3.89. The van der Waals surface area contributed by atoms with E-state index in [1.54, 1.807) is 49.4 Å². The molecule has 2 atom stereocenters. The Morgan fingerprint density at radius 1 is 1.11 bits per heavy atom. The third kappa shape index (κ3) is 3.55. The lowest BCUT2D eigenvalue weighted by molar-refractivity contribution is -0.484. The maximum atomic E-state index is 13.2. The van der Waals surface area contributed by atoms with Crippen molar-refractivity contribution in [2.75, 3.05) is 6.54 Å². The number of carbonyl (C=O) groups excluding carboxylic acids is 1. The number of aromatic nitrogens is 1. The molecule has 1 heterocycles. The van der Waals surface area contributed by atoms with Crippen molar-refractivity contribution in [2.24, 2.45) is 5.92 Å². The second kappa shape index (κ2) is 7.93. The van der Waals surface area contributed by atoms with E-state index in [2.05, 4.69) is 0 Å². The average molecular weight is 400 g/mol. The van der Waals surface area contributed by atoms with E-state index >= 15 is 0 Å². The molecule has 3 rings (SSSR count). The van der Waals surface area contributed by atoms with E-state index in [1.165, 1.54) is 18.3 Å².